The first kappa shape index (κ1) is 22.2. The maximum Gasteiger partial charge on any atom is 0.264 e. The summed E-state index contributed by atoms with van der Waals surface area (Å²) < 4.78 is 28.9. The van der Waals surface area contributed by atoms with Crippen molar-refractivity contribution in [3.63, 3.8) is 0 Å². The Labute approximate surface area is 127 Å². The number of hydrogen-bond acceptors (Lipinski definition) is 2. The lowest BCUT2D eigenvalue weighted by Gasteiger charge is -1.98. The second-order valence-corrected chi connectivity index (χ2v) is 7.04. The van der Waals surface area contributed by atoms with Crippen molar-refractivity contribution in [2.24, 2.45) is 0 Å². The van der Waals surface area contributed by atoms with Crippen molar-refractivity contribution in [2.75, 3.05) is 5.75 Å². The van der Waals surface area contributed by atoms with Gasteiger partial charge in [0, 0.05) is 0 Å². The summed E-state index contributed by atoms with van der Waals surface area (Å²) in [6, 6.07) is 0. The molecule has 0 aromatic heterocycles. The number of hydrogen-bond donors (Lipinski definition) is 1. The van der Waals surface area contributed by atoms with E-state index in [1.165, 1.54) is 57.8 Å². The van der Waals surface area contributed by atoms with Gasteiger partial charge < -0.3 is 0 Å². The summed E-state index contributed by atoms with van der Waals surface area (Å²) in [6.07, 6.45) is 14.6. The first-order valence-electron chi connectivity index (χ1n) is 8.43. The fourth-order valence-corrected chi connectivity index (χ4v) is 2.49. The molecule has 3 nitrogen and oxygen atoms in total. The molecule has 0 aromatic rings. The normalized spacial score (nSPS) is 11.0. The molecule has 0 saturated carbocycles. The molecule has 4 heteroatoms. The van der Waals surface area contributed by atoms with Crippen LogP contribution in [0.1, 0.15) is 97.8 Å². The standard InChI is InChI=1S/C8H18O3S.C8H18/c1-2-3-4-5-6-7-8-12(9,10)11;1-3-5-7-8-6-4-2/h2-8H2,1H3,(H,9,10,11);3-8H2,1-2H3. The topological polar surface area (TPSA) is 54.4 Å². The second kappa shape index (κ2) is 17.0. The molecule has 0 heterocycles. The molecule has 124 valence electrons. The van der Waals surface area contributed by atoms with E-state index in [4.69, 9.17) is 4.55 Å². The Kier molecular flexibility index (Phi) is 18.8. The average Bonchev–Trinajstić information content (AvgIpc) is 2.38. The molecule has 0 aliphatic heterocycles. The van der Waals surface area contributed by atoms with Crippen molar-refractivity contribution in [3.05, 3.63) is 0 Å². The number of unbranched alkanes of at least 4 members (excludes halogenated alkanes) is 10. The summed E-state index contributed by atoms with van der Waals surface area (Å²) in [5, 5.41) is 0. The van der Waals surface area contributed by atoms with Gasteiger partial charge in [-0.25, -0.2) is 0 Å². The Hall–Kier alpha value is -0.0900. The predicted molar refractivity (Wildman–Crippen MR) is 88.8 cm³/mol. The first-order valence-corrected chi connectivity index (χ1v) is 10.0. The zero-order valence-electron chi connectivity index (χ0n) is 13.9. The van der Waals surface area contributed by atoms with Crippen LogP contribution in [0.4, 0.5) is 0 Å². The summed E-state index contributed by atoms with van der Waals surface area (Å²) >= 11 is 0. The second-order valence-electron chi connectivity index (χ2n) is 5.47. The lowest BCUT2D eigenvalue weighted by Crippen LogP contribution is -2.03. The van der Waals surface area contributed by atoms with Crippen molar-refractivity contribution in [2.45, 2.75) is 97.8 Å². The van der Waals surface area contributed by atoms with E-state index in [1.54, 1.807) is 0 Å². The van der Waals surface area contributed by atoms with Gasteiger partial charge in [-0.15, -0.1) is 0 Å². The van der Waals surface area contributed by atoms with E-state index in [1.807, 2.05) is 0 Å². The minimum Gasteiger partial charge on any atom is -0.286 e. The number of rotatable bonds is 12. The van der Waals surface area contributed by atoms with Crippen LogP contribution in [0.15, 0.2) is 0 Å². The molecule has 0 atom stereocenters. The van der Waals surface area contributed by atoms with Crippen molar-refractivity contribution in [1.82, 2.24) is 0 Å². The quantitative estimate of drug-likeness (QED) is 0.377. The van der Waals surface area contributed by atoms with Crippen LogP contribution in [0.3, 0.4) is 0 Å². The minimum absolute atomic E-state index is 0.0842. The van der Waals surface area contributed by atoms with Crippen molar-refractivity contribution >= 4 is 10.1 Å². The summed E-state index contributed by atoms with van der Waals surface area (Å²) in [4.78, 5) is 0. The summed E-state index contributed by atoms with van der Waals surface area (Å²) in [5.74, 6) is -0.0842. The maximum atomic E-state index is 10.3. The third kappa shape index (κ3) is 26.5. The highest BCUT2D eigenvalue weighted by Gasteiger charge is 2.02. The van der Waals surface area contributed by atoms with Gasteiger partial charge in [0.25, 0.3) is 10.1 Å². The average molecular weight is 309 g/mol. The van der Waals surface area contributed by atoms with Crippen LogP contribution in [0.25, 0.3) is 0 Å². The van der Waals surface area contributed by atoms with E-state index in [2.05, 4.69) is 20.8 Å². The van der Waals surface area contributed by atoms with Gasteiger partial charge in [-0.05, 0) is 6.42 Å². The summed E-state index contributed by atoms with van der Waals surface area (Å²) in [7, 11) is -3.72. The van der Waals surface area contributed by atoms with Gasteiger partial charge in [-0.3, -0.25) is 4.55 Å². The van der Waals surface area contributed by atoms with Crippen LogP contribution in [0, 0.1) is 0 Å². The summed E-state index contributed by atoms with van der Waals surface area (Å²) in [5.41, 5.74) is 0. The fraction of sp³-hybridized carbons (Fsp3) is 1.00. The first-order chi connectivity index (χ1) is 9.47. The van der Waals surface area contributed by atoms with Crippen molar-refractivity contribution in [1.29, 1.82) is 0 Å². The molecule has 0 amide bonds. The molecule has 0 bridgehead atoms. The fourth-order valence-electron chi connectivity index (χ4n) is 1.92. The van der Waals surface area contributed by atoms with E-state index in [0.29, 0.717) is 6.42 Å². The summed E-state index contributed by atoms with van der Waals surface area (Å²) in [6.45, 7) is 6.65. The molecule has 0 aliphatic carbocycles. The van der Waals surface area contributed by atoms with Gasteiger partial charge in [0.1, 0.15) is 0 Å². The third-order valence-electron chi connectivity index (χ3n) is 3.21. The Morgan fingerprint density at radius 2 is 0.900 bits per heavy atom. The molecule has 0 fully saturated rings. The SMILES string of the molecule is CCCCCCCC.CCCCCCCCS(=O)(=O)O. The Balaban J connectivity index is 0. The van der Waals surface area contributed by atoms with E-state index in [9.17, 15) is 8.42 Å². The van der Waals surface area contributed by atoms with Gasteiger partial charge >= 0.3 is 0 Å². The zero-order valence-corrected chi connectivity index (χ0v) is 14.7. The van der Waals surface area contributed by atoms with E-state index >= 15 is 0 Å². The van der Waals surface area contributed by atoms with E-state index in [-0.39, 0.29) is 5.75 Å². The van der Waals surface area contributed by atoms with Crippen LogP contribution in [-0.4, -0.2) is 18.7 Å². The molecular formula is C16H36O3S. The Morgan fingerprint density at radius 3 is 1.20 bits per heavy atom. The molecule has 0 rings (SSSR count). The van der Waals surface area contributed by atoms with Gasteiger partial charge in [0.15, 0.2) is 0 Å². The smallest absolute Gasteiger partial charge is 0.264 e. The molecule has 0 saturated heterocycles. The van der Waals surface area contributed by atoms with Crippen LogP contribution in [-0.2, 0) is 10.1 Å². The molecular weight excluding hydrogens is 272 g/mol. The molecule has 0 radical (unpaired) electrons. The van der Waals surface area contributed by atoms with E-state index in [0.717, 1.165) is 12.8 Å². The lowest BCUT2D eigenvalue weighted by atomic mass is 10.1. The van der Waals surface area contributed by atoms with Crippen LogP contribution in [0.2, 0.25) is 0 Å². The highest BCUT2D eigenvalue weighted by Crippen LogP contribution is 2.05. The van der Waals surface area contributed by atoms with Crippen molar-refractivity contribution < 1.29 is 13.0 Å². The molecule has 0 spiro atoms. The molecule has 0 aliphatic rings. The van der Waals surface area contributed by atoms with Crippen LogP contribution < -0.4 is 0 Å². The van der Waals surface area contributed by atoms with Gasteiger partial charge in [-0.2, -0.15) is 8.42 Å². The molecule has 0 unspecified atom stereocenters. The van der Waals surface area contributed by atoms with Crippen LogP contribution >= 0.6 is 0 Å². The minimum atomic E-state index is -3.72. The highest BCUT2D eigenvalue weighted by molar-refractivity contribution is 7.85. The highest BCUT2D eigenvalue weighted by atomic mass is 32.2. The van der Waals surface area contributed by atoms with E-state index < -0.39 is 10.1 Å². The monoisotopic (exact) mass is 308 g/mol. The Bertz CT molecular complexity index is 255. The largest absolute Gasteiger partial charge is 0.286 e. The third-order valence-corrected chi connectivity index (χ3v) is 4.02. The van der Waals surface area contributed by atoms with Crippen molar-refractivity contribution in [3.8, 4) is 0 Å². The van der Waals surface area contributed by atoms with Gasteiger partial charge in [-0.1, -0.05) is 91.4 Å². The Morgan fingerprint density at radius 1 is 0.600 bits per heavy atom. The van der Waals surface area contributed by atoms with Gasteiger partial charge in [0.05, 0.1) is 5.75 Å². The predicted octanol–water partition coefficient (Wildman–Crippen LogP) is 5.60. The van der Waals surface area contributed by atoms with Gasteiger partial charge in [0.2, 0.25) is 0 Å². The molecule has 1 N–H and O–H groups in total. The lowest BCUT2D eigenvalue weighted by molar-refractivity contribution is 0.478. The van der Waals surface area contributed by atoms with Crippen LogP contribution in [0.5, 0.6) is 0 Å². The maximum absolute atomic E-state index is 10.3. The molecule has 20 heavy (non-hydrogen) atoms. The molecule has 0 aromatic carbocycles. The zero-order chi connectivity index (χ0) is 15.7.